The van der Waals surface area contributed by atoms with Crippen molar-refractivity contribution in [2.45, 2.75) is 5.75 Å². The topological polar surface area (TPSA) is 58.2 Å². The highest BCUT2D eigenvalue weighted by molar-refractivity contribution is 7.97. The van der Waals surface area contributed by atoms with Gasteiger partial charge in [0.1, 0.15) is 0 Å². The Morgan fingerprint density at radius 1 is 1.00 bits per heavy atom. The molecule has 0 saturated heterocycles. The first-order valence-electron chi connectivity index (χ1n) is 7.21. The van der Waals surface area contributed by atoms with Crippen molar-refractivity contribution < 1.29 is 22.8 Å². The van der Waals surface area contributed by atoms with Crippen LogP contribution in [0.4, 0.5) is 18.9 Å². The Bertz CT molecular complexity index is 782. The van der Waals surface area contributed by atoms with Crippen LogP contribution in [0.25, 0.3) is 0 Å². The number of benzene rings is 2. The number of carbonyl (C=O) groups excluding carboxylic acids is 2. The van der Waals surface area contributed by atoms with Gasteiger partial charge in [-0.3, -0.25) is 9.59 Å². The van der Waals surface area contributed by atoms with Gasteiger partial charge in [-0.05, 0) is 36.1 Å². The number of halogens is 3. The third-order valence-electron chi connectivity index (χ3n) is 3.25. The Labute approximate surface area is 146 Å². The third-order valence-corrected chi connectivity index (χ3v) is 3.87. The number of nitrogens with one attached hydrogen (secondary N) is 2. The van der Waals surface area contributed by atoms with Crippen LogP contribution >= 0.6 is 11.8 Å². The lowest BCUT2D eigenvalue weighted by atomic mass is 10.1. The van der Waals surface area contributed by atoms with Crippen molar-refractivity contribution in [3.05, 3.63) is 65.0 Å². The maximum atomic E-state index is 13.5. The summed E-state index contributed by atoms with van der Waals surface area (Å²) in [5, 5.41) is 4.44. The van der Waals surface area contributed by atoms with E-state index in [2.05, 4.69) is 10.6 Å². The molecule has 25 heavy (non-hydrogen) atoms. The monoisotopic (exact) mass is 368 g/mol. The van der Waals surface area contributed by atoms with Gasteiger partial charge in [-0.15, -0.1) is 0 Å². The quantitative estimate of drug-likeness (QED) is 0.769. The fourth-order valence-corrected chi connectivity index (χ4v) is 2.52. The summed E-state index contributed by atoms with van der Waals surface area (Å²) in [6, 6.07) is 8.48. The van der Waals surface area contributed by atoms with E-state index in [0.717, 1.165) is 17.4 Å². The summed E-state index contributed by atoms with van der Waals surface area (Å²) in [6.07, 6.45) is 1.97. The Balaban J connectivity index is 1.91. The lowest BCUT2D eigenvalue weighted by molar-refractivity contribution is -0.115. The summed E-state index contributed by atoms with van der Waals surface area (Å²) in [6.45, 7) is -0.441. The minimum atomic E-state index is -1.67. The smallest absolute Gasteiger partial charge is 0.251 e. The van der Waals surface area contributed by atoms with Gasteiger partial charge < -0.3 is 10.6 Å². The van der Waals surface area contributed by atoms with Crippen LogP contribution in [0.15, 0.2) is 36.4 Å². The van der Waals surface area contributed by atoms with E-state index >= 15 is 0 Å². The van der Waals surface area contributed by atoms with Crippen LogP contribution in [0, 0.1) is 17.5 Å². The molecule has 0 spiro atoms. The summed E-state index contributed by atoms with van der Waals surface area (Å²) >= 11 is 1.65. The molecular formula is C17H15F3N2O2S. The highest BCUT2D eigenvalue weighted by Gasteiger charge is 2.15. The lowest BCUT2D eigenvalue weighted by Gasteiger charge is -2.09. The number of hydrogen-bond acceptors (Lipinski definition) is 3. The van der Waals surface area contributed by atoms with Crippen molar-refractivity contribution in [2.24, 2.45) is 0 Å². The Hall–Kier alpha value is -2.48. The van der Waals surface area contributed by atoms with Crippen LogP contribution in [-0.4, -0.2) is 24.6 Å². The number of amides is 2. The summed E-state index contributed by atoms with van der Waals surface area (Å²) < 4.78 is 39.4. The second-order valence-electron chi connectivity index (χ2n) is 5.08. The summed E-state index contributed by atoms with van der Waals surface area (Å²) in [5.74, 6) is -4.94. The zero-order valence-corrected chi connectivity index (χ0v) is 14.1. The molecule has 132 valence electrons. The van der Waals surface area contributed by atoms with E-state index in [1.807, 2.05) is 18.4 Å². The van der Waals surface area contributed by atoms with Crippen LogP contribution in [-0.2, 0) is 10.5 Å². The Morgan fingerprint density at radius 3 is 2.32 bits per heavy atom. The second-order valence-corrected chi connectivity index (χ2v) is 5.95. The zero-order chi connectivity index (χ0) is 18.4. The van der Waals surface area contributed by atoms with Crippen molar-refractivity contribution in [1.29, 1.82) is 0 Å². The molecule has 0 aliphatic rings. The standard InChI is InChI=1S/C17H15F3N2O2S/c1-25-9-10-2-4-11(5-3-10)17(24)21-8-14(23)22-13-7-6-12(18)15(19)16(13)20/h2-7H,8-9H2,1H3,(H,21,24)(H,22,23). The van der Waals surface area contributed by atoms with E-state index in [4.69, 9.17) is 0 Å². The van der Waals surface area contributed by atoms with Crippen LogP contribution in [0.2, 0.25) is 0 Å². The maximum absolute atomic E-state index is 13.5. The molecular weight excluding hydrogens is 353 g/mol. The van der Waals surface area contributed by atoms with Gasteiger partial charge in [-0.2, -0.15) is 11.8 Å². The molecule has 0 fully saturated rings. The lowest BCUT2D eigenvalue weighted by Crippen LogP contribution is -2.33. The number of hydrogen-bond donors (Lipinski definition) is 2. The Morgan fingerprint density at radius 2 is 1.68 bits per heavy atom. The van der Waals surface area contributed by atoms with Crippen LogP contribution in [0.1, 0.15) is 15.9 Å². The van der Waals surface area contributed by atoms with Crippen molar-refractivity contribution in [1.82, 2.24) is 5.32 Å². The molecule has 2 rings (SSSR count). The van der Waals surface area contributed by atoms with Crippen molar-refractivity contribution in [3.8, 4) is 0 Å². The average molecular weight is 368 g/mol. The molecule has 0 saturated carbocycles. The van der Waals surface area contributed by atoms with Gasteiger partial charge in [-0.1, -0.05) is 12.1 Å². The second kappa shape index (κ2) is 8.57. The highest BCUT2D eigenvalue weighted by atomic mass is 32.2. The van der Waals surface area contributed by atoms with E-state index in [-0.39, 0.29) is 0 Å². The number of thioether (sulfide) groups is 1. The molecule has 0 unspecified atom stereocenters. The van der Waals surface area contributed by atoms with Crippen molar-refractivity contribution in [2.75, 3.05) is 18.1 Å². The highest BCUT2D eigenvalue weighted by Crippen LogP contribution is 2.19. The molecule has 0 radical (unpaired) electrons. The van der Waals surface area contributed by atoms with Gasteiger partial charge in [0.05, 0.1) is 12.2 Å². The fraction of sp³-hybridized carbons (Fsp3) is 0.176. The molecule has 0 aliphatic carbocycles. The van der Waals surface area contributed by atoms with Gasteiger partial charge in [0, 0.05) is 11.3 Å². The molecule has 0 aromatic heterocycles. The van der Waals surface area contributed by atoms with E-state index in [0.29, 0.717) is 11.6 Å². The molecule has 2 aromatic carbocycles. The van der Waals surface area contributed by atoms with E-state index in [9.17, 15) is 22.8 Å². The number of rotatable bonds is 6. The summed E-state index contributed by atoms with van der Waals surface area (Å²) in [7, 11) is 0. The molecule has 0 aliphatic heterocycles. The molecule has 8 heteroatoms. The minimum Gasteiger partial charge on any atom is -0.343 e. The molecule has 4 nitrogen and oxygen atoms in total. The number of carbonyl (C=O) groups is 2. The zero-order valence-electron chi connectivity index (χ0n) is 13.2. The SMILES string of the molecule is CSCc1ccc(C(=O)NCC(=O)Nc2ccc(F)c(F)c2F)cc1. The van der Waals surface area contributed by atoms with Crippen LogP contribution in [0.5, 0.6) is 0 Å². The van der Waals surface area contributed by atoms with E-state index < -0.39 is 41.5 Å². The van der Waals surface area contributed by atoms with Crippen molar-refractivity contribution in [3.63, 3.8) is 0 Å². The third kappa shape index (κ3) is 4.99. The molecule has 0 heterocycles. The molecule has 2 N–H and O–H groups in total. The largest absolute Gasteiger partial charge is 0.343 e. The minimum absolute atomic E-state index is 0.372. The average Bonchev–Trinajstić information content (AvgIpc) is 2.61. The maximum Gasteiger partial charge on any atom is 0.251 e. The normalized spacial score (nSPS) is 10.4. The van der Waals surface area contributed by atoms with Gasteiger partial charge in [0.2, 0.25) is 5.91 Å². The van der Waals surface area contributed by atoms with Crippen LogP contribution < -0.4 is 10.6 Å². The van der Waals surface area contributed by atoms with Gasteiger partial charge in [-0.25, -0.2) is 13.2 Å². The van der Waals surface area contributed by atoms with Gasteiger partial charge >= 0.3 is 0 Å². The Kier molecular flexibility index (Phi) is 6.46. The van der Waals surface area contributed by atoms with Crippen molar-refractivity contribution >= 4 is 29.3 Å². The molecule has 2 aromatic rings. The summed E-state index contributed by atoms with van der Waals surface area (Å²) in [4.78, 5) is 23.7. The summed E-state index contributed by atoms with van der Waals surface area (Å²) in [5.41, 5.74) is 0.937. The first kappa shape index (κ1) is 18.9. The first-order chi connectivity index (χ1) is 11.9. The molecule has 0 bridgehead atoms. The van der Waals surface area contributed by atoms with Gasteiger partial charge in [0.25, 0.3) is 5.91 Å². The number of anilines is 1. The molecule has 0 atom stereocenters. The predicted molar refractivity (Wildman–Crippen MR) is 90.9 cm³/mol. The van der Waals surface area contributed by atoms with Crippen LogP contribution in [0.3, 0.4) is 0 Å². The molecule has 2 amide bonds. The van der Waals surface area contributed by atoms with E-state index in [1.165, 1.54) is 0 Å². The predicted octanol–water partition coefficient (Wildman–Crippen LogP) is 3.34. The fourth-order valence-electron chi connectivity index (χ4n) is 2.00. The van der Waals surface area contributed by atoms with Gasteiger partial charge in [0.15, 0.2) is 17.5 Å². The first-order valence-corrected chi connectivity index (χ1v) is 8.61. The van der Waals surface area contributed by atoms with E-state index in [1.54, 1.807) is 23.9 Å².